The third-order valence-corrected chi connectivity index (χ3v) is 6.24. The van der Waals surface area contributed by atoms with Crippen molar-refractivity contribution in [2.75, 3.05) is 6.54 Å². The second-order valence-electron chi connectivity index (χ2n) is 8.78. The molecule has 1 fully saturated rings. The highest BCUT2D eigenvalue weighted by Crippen LogP contribution is 2.24. The molecule has 1 N–H and O–H groups in total. The van der Waals surface area contributed by atoms with Crippen LogP contribution in [0.15, 0.2) is 66.7 Å². The summed E-state index contributed by atoms with van der Waals surface area (Å²) in [6.07, 6.45) is -0.795. The van der Waals surface area contributed by atoms with Gasteiger partial charge in [0.05, 0.1) is 0 Å². The van der Waals surface area contributed by atoms with Gasteiger partial charge in [0.2, 0.25) is 11.8 Å². The van der Waals surface area contributed by atoms with Gasteiger partial charge in [-0.25, -0.2) is 4.79 Å². The van der Waals surface area contributed by atoms with E-state index >= 15 is 0 Å². The van der Waals surface area contributed by atoms with E-state index in [2.05, 4.69) is 10.2 Å². The number of hydrogen-bond acceptors (Lipinski definition) is 5. The van der Waals surface area contributed by atoms with Crippen LogP contribution in [0.5, 0.6) is 0 Å². The maximum atomic E-state index is 12.8. The van der Waals surface area contributed by atoms with Crippen LogP contribution in [0, 0.1) is 0 Å². The zero-order valence-corrected chi connectivity index (χ0v) is 19.4. The Morgan fingerprint density at radius 2 is 1.67 bits per heavy atom. The van der Waals surface area contributed by atoms with E-state index in [0.29, 0.717) is 25.9 Å². The predicted molar refractivity (Wildman–Crippen MR) is 124 cm³/mol. The van der Waals surface area contributed by atoms with Gasteiger partial charge in [-0.1, -0.05) is 60.7 Å². The number of aryl methyl sites for hydroxylation is 1. The molecule has 2 aliphatic rings. The summed E-state index contributed by atoms with van der Waals surface area (Å²) < 4.78 is 37.5. The second kappa shape index (κ2) is 10.9. The lowest BCUT2D eigenvalue weighted by atomic mass is 10.0. The van der Waals surface area contributed by atoms with Crippen LogP contribution in [0.25, 0.3) is 0 Å². The van der Waals surface area contributed by atoms with E-state index in [0.717, 1.165) is 21.8 Å². The van der Waals surface area contributed by atoms with E-state index in [1.165, 1.54) is 6.08 Å². The first kappa shape index (κ1) is 25.4. The van der Waals surface area contributed by atoms with E-state index < -0.39 is 30.1 Å². The topological polar surface area (TPSA) is 79.0 Å². The lowest BCUT2D eigenvalue weighted by Gasteiger charge is -2.37. The molecule has 2 atom stereocenters. The largest absolute Gasteiger partial charge is 0.492 e. The van der Waals surface area contributed by atoms with Crippen molar-refractivity contribution in [2.24, 2.45) is 0 Å². The minimum atomic E-state index is -5.15. The number of hydroxylamine groups is 2. The number of rotatable bonds is 8. The first-order valence-electron chi connectivity index (χ1n) is 11.6. The van der Waals surface area contributed by atoms with Crippen LogP contribution in [-0.2, 0) is 38.7 Å². The van der Waals surface area contributed by atoms with Crippen LogP contribution in [-0.4, -0.2) is 52.6 Å². The Labute approximate surface area is 206 Å². The normalized spacial score (nSPS) is 18.4. The zero-order valence-electron chi connectivity index (χ0n) is 19.4. The van der Waals surface area contributed by atoms with Crippen LogP contribution in [0.4, 0.5) is 13.2 Å². The summed E-state index contributed by atoms with van der Waals surface area (Å²) in [7, 11) is 0. The quantitative estimate of drug-likeness (QED) is 0.562. The van der Waals surface area contributed by atoms with Crippen molar-refractivity contribution in [3.05, 3.63) is 83.4 Å². The molecule has 2 aromatic rings. The van der Waals surface area contributed by atoms with Gasteiger partial charge in [-0.2, -0.15) is 13.2 Å². The Bertz CT molecular complexity index is 1110. The number of nitrogens with one attached hydrogen (secondary N) is 1. The van der Waals surface area contributed by atoms with Gasteiger partial charge >= 0.3 is 12.1 Å². The van der Waals surface area contributed by atoms with Crippen LogP contribution in [0.3, 0.4) is 0 Å². The van der Waals surface area contributed by atoms with Gasteiger partial charge < -0.3 is 15.1 Å². The first-order chi connectivity index (χ1) is 17.2. The standard InChI is InChI=1S/C26H26F3N3O4/c27-26(28,29)25(35)36-32-15-14-22(32)24(34)30-21(11-10-18-6-2-1-3-7-18)12-13-23(33)31-16-19-8-4-5-9-20(19)17-31/h1-9,12-13,21-22H,10-11,14-17H2,(H,30,34)/b13-12+/t21-,22-/m0/s1. The third-order valence-electron chi connectivity index (χ3n) is 6.24. The minimum Gasteiger partial charge on any atom is -0.360 e. The van der Waals surface area contributed by atoms with E-state index in [9.17, 15) is 27.6 Å². The molecule has 10 heteroatoms. The molecule has 0 aliphatic carbocycles. The number of amides is 2. The van der Waals surface area contributed by atoms with Crippen molar-refractivity contribution in [3.8, 4) is 0 Å². The van der Waals surface area contributed by atoms with E-state index in [1.807, 2.05) is 54.6 Å². The minimum absolute atomic E-state index is 0.0262. The van der Waals surface area contributed by atoms with Crippen LogP contribution in [0.2, 0.25) is 0 Å². The fourth-order valence-corrected chi connectivity index (χ4v) is 4.15. The molecule has 7 nitrogen and oxygen atoms in total. The monoisotopic (exact) mass is 501 g/mol. The molecular weight excluding hydrogens is 475 g/mol. The van der Waals surface area contributed by atoms with Crippen LogP contribution < -0.4 is 5.32 Å². The van der Waals surface area contributed by atoms with Gasteiger partial charge in [-0.15, -0.1) is 5.06 Å². The smallest absolute Gasteiger partial charge is 0.360 e. The second-order valence-corrected chi connectivity index (χ2v) is 8.78. The Hall–Kier alpha value is -3.66. The molecule has 36 heavy (non-hydrogen) atoms. The summed E-state index contributed by atoms with van der Waals surface area (Å²) in [5, 5.41) is 3.52. The summed E-state index contributed by atoms with van der Waals surface area (Å²) >= 11 is 0. The molecule has 4 rings (SSSR count). The van der Waals surface area contributed by atoms with E-state index in [4.69, 9.17) is 0 Å². The molecule has 0 radical (unpaired) electrons. The maximum Gasteiger partial charge on any atom is 0.492 e. The molecule has 0 saturated carbocycles. The van der Waals surface area contributed by atoms with Gasteiger partial charge in [0, 0.05) is 31.8 Å². The van der Waals surface area contributed by atoms with Gasteiger partial charge in [-0.3, -0.25) is 9.59 Å². The summed E-state index contributed by atoms with van der Waals surface area (Å²) in [6.45, 7) is 1.03. The lowest BCUT2D eigenvalue weighted by Crippen LogP contribution is -2.58. The molecule has 1 saturated heterocycles. The van der Waals surface area contributed by atoms with Crippen molar-refractivity contribution in [3.63, 3.8) is 0 Å². The Morgan fingerprint density at radius 3 is 2.25 bits per heavy atom. The summed E-state index contributed by atoms with van der Waals surface area (Å²) in [4.78, 5) is 42.7. The maximum absolute atomic E-state index is 12.8. The number of benzene rings is 2. The number of alkyl halides is 3. The van der Waals surface area contributed by atoms with E-state index in [-0.39, 0.29) is 18.9 Å². The highest BCUT2D eigenvalue weighted by atomic mass is 19.4. The molecule has 2 amide bonds. The number of fused-ring (bicyclic) bond motifs is 1. The molecule has 0 bridgehead atoms. The molecule has 0 spiro atoms. The molecular formula is C26H26F3N3O4. The Kier molecular flexibility index (Phi) is 7.73. The average Bonchev–Trinajstić information content (AvgIpc) is 3.27. The first-order valence-corrected chi connectivity index (χ1v) is 11.6. The zero-order chi connectivity index (χ0) is 25.7. The molecule has 2 aromatic carbocycles. The van der Waals surface area contributed by atoms with Crippen molar-refractivity contribution in [1.82, 2.24) is 15.3 Å². The molecule has 190 valence electrons. The molecule has 0 unspecified atom stereocenters. The summed E-state index contributed by atoms with van der Waals surface area (Å²) in [5.41, 5.74) is 3.22. The summed E-state index contributed by atoms with van der Waals surface area (Å²) in [5.74, 6) is -3.13. The van der Waals surface area contributed by atoms with Gasteiger partial charge in [-0.05, 0) is 36.0 Å². The summed E-state index contributed by atoms with van der Waals surface area (Å²) in [6, 6.07) is 15.8. The highest BCUT2D eigenvalue weighted by molar-refractivity contribution is 5.88. The third kappa shape index (κ3) is 6.31. The van der Waals surface area contributed by atoms with Crippen molar-refractivity contribution >= 4 is 17.8 Å². The highest BCUT2D eigenvalue weighted by Gasteiger charge is 2.46. The van der Waals surface area contributed by atoms with Gasteiger partial charge in [0.25, 0.3) is 0 Å². The Balaban J connectivity index is 1.39. The average molecular weight is 502 g/mol. The molecule has 2 aliphatic heterocycles. The fraction of sp³-hybridized carbons (Fsp3) is 0.346. The lowest BCUT2D eigenvalue weighted by molar-refractivity contribution is -0.261. The van der Waals surface area contributed by atoms with Crippen molar-refractivity contribution in [1.29, 1.82) is 0 Å². The fourth-order valence-electron chi connectivity index (χ4n) is 4.15. The molecule has 0 aromatic heterocycles. The number of hydrogen-bond donors (Lipinski definition) is 1. The van der Waals surface area contributed by atoms with Gasteiger partial charge in [0.15, 0.2) is 0 Å². The number of halogens is 3. The number of nitrogens with zero attached hydrogens (tertiary/aromatic N) is 2. The Morgan fingerprint density at radius 1 is 1.03 bits per heavy atom. The SMILES string of the molecule is O=C(N[C@H](/C=C/C(=O)N1Cc2ccccc2C1)CCc1ccccc1)[C@@H]1CCN1OC(=O)C(F)(F)F. The number of carbonyl (C=O) groups is 3. The van der Waals surface area contributed by atoms with Crippen molar-refractivity contribution < 1.29 is 32.4 Å². The predicted octanol–water partition coefficient (Wildman–Crippen LogP) is 3.30. The van der Waals surface area contributed by atoms with Crippen molar-refractivity contribution in [2.45, 2.75) is 50.6 Å². The van der Waals surface area contributed by atoms with Crippen LogP contribution in [0.1, 0.15) is 29.5 Å². The number of carbonyl (C=O) groups excluding carboxylic acids is 3. The van der Waals surface area contributed by atoms with Crippen LogP contribution >= 0.6 is 0 Å². The van der Waals surface area contributed by atoms with E-state index in [1.54, 1.807) is 11.0 Å². The van der Waals surface area contributed by atoms with Gasteiger partial charge in [0.1, 0.15) is 6.04 Å². The molecule has 2 heterocycles.